The Hall–Kier alpha value is -1.02. The van der Waals surface area contributed by atoms with Gasteiger partial charge < -0.3 is 9.53 Å². The van der Waals surface area contributed by atoms with E-state index in [1.807, 2.05) is 12.1 Å². The maximum Gasteiger partial charge on any atom is 0.126 e. The van der Waals surface area contributed by atoms with Crippen LogP contribution in [-0.4, -0.2) is 12.9 Å². The van der Waals surface area contributed by atoms with Crippen LogP contribution < -0.4 is 4.74 Å². The number of aldehydes is 1. The molecule has 0 radical (unpaired) electrons. The first-order chi connectivity index (χ1) is 6.22. The Kier molecular flexibility index (Phi) is 3.77. The molecule has 2 nitrogen and oxygen atoms in total. The number of carbonyl (C=O) groups excluding carboxylic acids is 1. The minimum atomic E-state index is -0.0843. The fourth-order valence-corrected chi connectivity index (χ4v) is 1.00. The molecule has 1 unspecified atom stereocenters. The van der Waals surface area contributed by atoms with Crippen molar-refractivity contribution in [3.63, 3.8) is 0 Å². The highest BCUT2D eigenvalue weighted by molar-refractivity contribution is 6.30. The maximum absolute atomic E-state index is 10.3. The Balaban J connectivity index is 2.49. The molecule has 1 rings (SSSR count). The smallest absolute Gasteiger partial charge is 0.126 e. The second-order valence-electron chi connectivity index (χ2n) is 2.88. The molecule has 0 aromatic heterocycles. The van der Waals surface area contributed by atoms with E-state index in [0.717, 1.165) is 6.29 Å². The molecule has 0 bridgehead atoms. The van der Waals surface area contributed by atoms with Crippen LogP contribution in [0.15, 0.2) is 24.3 Å². The van der Waals surface area contributed by atoms with Crippen molar-refractivity contribution in [2.45, 2.75) is 6.92 Å². The summed E-state index contributed by atoms with van der Waals surface area (Å²) in [6.45, 7) is 2.20. The van der Waals surface area contributed by atoms with Crippen LogP contribution in [0.4, 0.5) is 0 Å². The van der Waals surface area contributed by atoms with Crippen LogP contribution in [-0.2, 0) is 4.79 Å². The van der Waals surface area contributed by atoms with Crippen LogP contribution >= 0.6 is 11.6 Å². The molecule has 3 heteroatoms. The molecule has 0 aliphatic carbocycles. The molecule has 0 saturated carbocycles. The summed E-state index contributed by atoms with van der Waals surface area (Å²) in [5, 5.41) is 0.635. The van der Waals surface area contributed by atoms with Gasteiger partial charge in [-0.25, -0.2) is 0 Å². The zero-order chi connectivity index (χ0) is 9.68. The van der Waals surface area contributed by atoms with E-state index in [4.69, 9.17) is 16.3 Å². The Morgan fingerprint density at radius 3 is 3.00 bits per heavy atom. The minimum Gasteiger partial charge on any atom is -0.493 e. The van der Waals surface area contributed by atoms with E-state index in [9.17, 15) is 4.79 Å². The molecule has 1 aromatic rings. The predicted octanol–water partition coefficient (Wildman–Crippen LogP) is 2.55. The molecule has 0 spiro atoms. The standard InChI is InChI=1S/C10H11ClO2/c1-8(6-12)7-13-10-4-2-3-9(11)5-10/h2-6,8H,7H2,1H3. The number of ether oxygens (including phenoxy) is 1. The van der Waals surface area contributed by atoms with Gasteiger partial charge in [-0.3, -0.25) is 0 Å². The molecule has 0 amide bonds. The summed E-state index contributed by atoms with van der Waals surface area (Å²) in [6.07, 6.45) is 0.866. The van der Waals surface area contributed by atoms with E-state index >= 15 is 0 Å². The molecule has 1 aromatic carbocycles. The molecule has 1 atom stereocenters. The predicted molar refractivity (Wildman–Crippen MR) is 52.2 cm³/mol. The first-order valence-electron chi connectivity index (χ1n) is 4.06. The maximum atomic E-state index is 10.3. The normalized spacial score (nSPS) is 12.2. The SMILES string of the molecule is CC(C=O)COc1cccc(Cl)c1. The largest absolute Gasteiger partial charge is 0.493 e. The van der Waals surface area contributed by atoms with Crippen molar-refractivity contribution >= 4 is 17.9 Å². The highest BCUT2D eigenvalue weighted by Gasteiger charge is 2.00. The highest BCUT2D eigenvalue weighted by atomic mass is 35.5. The topological polar surface area (TPSA) is 26.3 Å². The molecule has 0 N–H and O–H groups in total. The van der Waals surface area contributed by atoms with E-state index in [-0.39, 0.29) is 5.92 Å². The zero-order valence-electron chi connectivity index (χ0n) is 7.37. The van der Waals surface area contributed by atoms with Gasteiger partial charge in [0.05, 0.1) is 6.61 Å². The van der Waals surface area contributed by atoms with E-state index in [2.05, 4.69) is 0 Å². The van der Waals surface area contributed by atoms with Crippen LogP contribution in [0.3, 0.4) is 0 Å². The summed E-state index contributed by atoms with van der Waals surface area (Å²) < 4.78 is 5.32. The van der Waals surface area contributed by atoms with Gasteiger partial charge in [0.15, 0.2) is 0 Å². The average Bonchev–Trinajstić information content (AvgIpc) is 2.14. The molecule has 13 heavy (non-hydrogen) atoms. The molecule has 70 valence electrons. The lowest BCUT2D eigenvalue weighted by atomic mass is 10.2. The average molecular weight is 199 g/mol. The second-order valence-corrected chi connectivity index (χ2v) is 3.32. The summed E-state index contributed by atoms with van der Waals surface area (Å²) in [7, 11) is 0. The Morgan fingerprint density at radius 2 is 2.38 bits per heavy atom. The number of hydrogen-bond donors (Lipinski definition) is 0. The Bertz CT molecular complexity index is 286. The van der Waals surface area contributed by atoms with Crippen molar-refractivity contribution in [2.75, 3.05) is 6.61 Å². The van der Waals surface area contributed by atoms with Gasteiger partial charge in [0, 0.05) is 10.9 Å². The van der Waals surface area contributed by atoms with Gasteiger partial charge in [-0.05, 0) is 18.2 Å². The van der Waals surface area contributed by atoms with Gasteiger partial charge >= 0.3 is 0 Å². The van der Waals surface area contributed by atoms with Crippen molar-refractivity contribution in [1.29, 1.82) is 0 Å². The molecule has 0 aliphatic heterocycles. The summed E-state index contributed by atoms with van der Waals surface area (Å²) in [5.74, 6) is 0.611. The van der Waals surface area contributed by atoms with E-state index < -0.39 is 0 Å². The summed E-state index contributed by atoms with van der Waals surface area (Å²) in [5.41, 5.74) is 0. The van der Waals surface area contributed by atoms with E-state index in [1.54, 1.807) is 19.1 Å². The molecular formula is C10H11ClO2. The molecule has 0 heterocycles. The zero-order valence-corrected chi connectivity index (χ0v) is 8.12. The molecule has 0 aliphatic rings. The highest BCUT2D eigenvalue weighted by Crippen LogP contribution is 2.17. The number of rotatable bonds is 4. The quantitative estimate of drug-likeness (QED) is 0.696. The van der Waals surface area contributed by atoms with E-state index in [1.165, 1.54) is 0 Å². The van der Waals surface area contributed by atoms with Crippen molar-refractivity contribution in [3.05, 3.63) is 29.3 Å². The third-order valence-electron chi connectivity index (χ3n) is 1.54. The lowest BCUT2D eigenvalue weighted by Crippen LogP contribution is -2.09. The van der Waals surface area contributed by atoms with Crippen LogP contribution in [0.2, 0.25) is 5.02 Å². The van der Waals surface area contributed by atoms with Crippen molar-refractivity contribution in [1.82, 2.24) is 0 Å². The first kappa shape index (κ1) is 10.1. The fourth-order valence-electron chi connectivity index (χ4n) is 0.824. The number of carbonyl (C=O) groups is 1. The van der Waals surface area contributed by atoms with Gasteiger partial charge in [0.2, 0.25) is 0 Å². The van der Waals surface area contributed by atoms with Crippen LogP contribution in [0.1, 0.15) is 6.92 Å². The fraction of sp³-hybridized carbons (Fsp3) is 0.300. The summed E-state index contributed by atoms with van der Waals surface area (Å²) in [4.78, 5) is 10.3. The first-order valence-corrected chi connectivity index (χ1v) is 4.44. The van der Waals surface area contributed by atoms with Crippen molar-refractivity contribution in [3.8, 4) is 5.75 Å². The second kappa shape index (κ2) is 4.87. The van der Waals surface area contributed by atoms with Gasteiger partial charge in [0.25, 0.3) is 0 Å². The lowest BCUT2D eigenvalue weighted by molar-refractivity contribution is -0.111. The minimum absolute atomic E-state index is 0.0843. The van der Waals surface area contributed by atoms with Crippen molar-refractivity contribution < 1.29 is 9.53 Å². The third kappa shape index (κ3) is 3.47. The monoisotopic (exact) mass is 198 g/mol. The Labute approximate surface area is 82.5 Å². The molecule has 0 saturated heterocycles. The molecule has 0 fully saturated rings. The van der Waals surface area contributed by atoms with Gasteiger partial charge in [-0.15, -0.1) is 0 Å². The number of benzene rings is 1. The lowest BCUT2D eigenvalue weighted by Gasteiger charge is -2.07. The van der Waals surface area contributed by atoms with Crippen LogP contribution in [0.25, 0.3) is 0 Å². The third-order valence-corrected chi connectivity index (χ3v) is 1.78. The number of hydrogen-bond acceptors (Lipinski definition) is 2. The van der Waals surface area contributed by atoms with Gasteiger partial charge in [-0.2, -0.15) is 0 Å². The Morgan fingerprint density at radius 1 is 1.62 bits per heavy atom. The van der Waals surface area contributed by atoms with Gasteiger partial charge in [-0.1, -0.05) is 24.6 Å². The summed E-state index contributed by atoms with van der Waals surface area (Å²) in [6, 6.07) is 7.11. The van der Waals surface area contributed by atoms with Crippen molar-refractivity contribution in [2.24, 2.45) is 5.92 Å². The van der Waals surface area contributed by atoms with Crippen LogP contribution in [0, 0.1) is 5.92 Å². The molecular weight excluding hydrogens is 188 g/mol. The van der Waals surface area contributed by atoms with Crippen LogP contribution in [0.5, 0.6) is 5.75 Å². The van der Waals surface area contributed by atoms with Gasteiger partial charge in [0.1, 0.15) is 12.0 Å². The number of halogens is 1. The van der Waals surface area contributed by atoms with E-state index in [0.29, 0.717) is 17.4 Å². The summed E-state index contributed by atoms with van der Waals surface area (Å²) >= 11 is 5.74.